The van der Waals surface area contributed by atoms with E-state index in [0.29, 0.717) is 12.2 Å². The van der Waals surface area contributed by atoms with Crippen LogP contribution < -0.4 is 19.4 Å². The van der Waals surface area contributed by atoms with Gasteiger partial charge in [0.15, 0.2) is 0 Å². The van der Waals surface area contributed by atoms with Crippen molar-refractivity contribution in [1.29, 1.82) is 0 Å². The van der Waals surface area contributed by atoms with E-state index in [4.69, 9.17) is 4.74 Å². The van der Waals surface area contributed by atoms with Gasteiger partial charge in [-0.15, -0.1) is 0 Å². The Balaban J connectivity index is 1.24. The van der Waals surface area contributed by atoms with E-state index in [-0.39, 0.29) is 18.0 Å². The van der Waals surface area contributed by atoms with Gasteiger partial charge in [-0.3, -0.25) is 4.79 Å². The van der Waals surface area contributed by atoms with Crippen molar-refractivity contribution in [1.82, 2.24) is 4.90 Å². The minimum atomic E-state index is -0.271. The maximum atomic E-state index is 12.8. The van der Waals surface area contributed by atoms with Crippen LogP contribution in [0.3, 0.4) is 0 Å². The minimum Gasteiger partial charge on any atom is -0.497 e. The fourth-order valence-electron chi connectivity index (χ4n) is 4.86. The molecule has 3 heterocycles. The number of piperidine rings is 1. The zero-order valence-corrected chi connectivity index (χ0v) is 17.9. The molecule has 1 atom stereocenters. The molecule has 0 N–H and O–H groups in total. The summed E-state index contributed by atoms with van der Waals surface area (Å²) in [6, 6.07) is 15.6. The second-order valence-corrected chi connectivity index (χ2v) is 8.35. The largest absolute Gasteiger partial charge is 0.497 e. The predicted molar refractivity (Wildman–Crippen MR) is 121 cm³/mol. The molecule has 1 unspecified atom stereocenters. The number of methoxy groups -OCH3 is 1. The van der Waals surface area contributed by atoms with Crippen molar-refractivity contribution in [2.45, 2.75) is 25.3 Å². The Morgan fingerprint density at radius 2 is 1.29 bits per heavy atom. The number of imide groups is 1. The van der Waals surface area contributed by atoms with Gasteiger partial charge in [0.2, 0.25) is 0 Å². The average Bonchev–Trinajstić information content (AvgIpc) is 3.09. The van der Waals surface area contributed by atoms with Crippen LogP contribution in [0, 0.1) is 0 Å². The van der Waals surface area contributed by atoms with E-state index in [2.05, 4.69) is 21.9 Å². The van der Waals surface area contributed by atoms with Crippen molar-refractivity contribution in [2.75, 3.05) is 54.5 Å². The highest BCUT2D eigenvalue weighted by Crippen LogP contribution is 2.32. The molecule has 3 saturated heterocycles. The SMILES string of the molecule is COc1ccc(N2CCN(c3ccc(N4C(=O)C5CCCCN5C4=O)cc3)CC2)cc1. The number of hydrogen-bond donors (Lipinski definition) is 0. The van der Waals surface area contributed by atoms with Gasteiger partial charge < -0.3 is 19.4 Å². The summed E-state index contributed by atoms with van der Waals surface area (Å²) >= 11 is 0. The number of hydrogen-bond acceptors (Lipinski definition) is 5. The number of anilines is 3. The fourth-order valence-corrected chi connectivity index (χ4v) is 4.86. The molecule has 162 valence electrons. The Bertz CT molecular complexity index is 928. The van der Waals surface area contributed by atoms with Gasteiger partial charge in [-0.25, -0.2) is 9.69 Å². The third-order valence-electron chi connectivity index (χ3n) is 6.64. The molecule has 3 aliphatic rings. The minimum absolute atomic E-state index is 0.0782. The topological polar surface area (TPSA) is 56.3 Å². The summed E-state index contributed by atoms with van der Waals surface area (Å²) in [6.07, 6.45) is 2.76. The quantitative estimate of drug-likeness (QED) is 0.710. The van der Waals surface area contributed by atoms with Gasteiger partial charge in [0.05, 0.1) is 12.8 Å². The number of ether oxygens (including phenoxy) is 1. The highest BCUT2D eigenvalue weighted by atomic mass is 16.5. The smallest absolute Gasteiger partial charge is 0.332 e. The van der Waals surface area contributed by atoms with E-state index in [1.165, 1.54) is 10.6 Å². The number of piperazine rings is 1. The van der Waals surface area contributed by atoms with E-state index in [9.17, 15) is 9.59 Å². The molecule has 2 aromatic carbocycles. The van der Waals surface area contributed by atoms with Crippen molar-refractivity contribution in [3.63, 3.8) is 0 Å². The molecular formula is C24H28N4O3. The lowest BCUT2D eigenvalue weighted by Crippen LogP contribution is -2.46. The Labute approximate surface area is 182 Å². The van der Waals surface area contributed by atoms with Crippen molar-refractivity contribution in [3.05, 3.63) is 48.5 Å². The van der Waals surface area contributed by atoms with Crippen LogP contribution in [0.1, 0.15) is 19.3 Å². The third-order valence-corrected chi connectivity index (χ3v) is 6.64. The lowest BCUT2D eigenvalue weighted by Gasteiger charge is -2.37. The van der Waals surface area contributed by atoms with E-state index in [1.54, 1.807) is 12.0 Å². The molecule has 0 spiro atoms. The van der Waals surface area contributed by atoms with Crippen molar-refractivity contribution >= 4 is 29.0 Å². The number of fused-ring (bicyclic) bond motifs is 1. The summed E-state index contributed by atoms with van der Waals surface area (Å²) in [5.41, 5.74) is 3.00. The average molecular weight is 421 g/mol. The van der Waals surface area contributed by atoms with Crippen LogP contribution in [0.4, 0.5) is 21.9 Å². The maximum Gasteiger partial charge on any atom is 0.332 e. The van der Waals surface area contributed by atoms with Crippen LogP contribution in [0.5, 0.6) is 5.75 Å². The summed E-state index contributed by atoms with van der Waals surface area (Å²) in [6.45, 7) is 4.40. The molecule has 3 amide bonds. The summed E-state index contributed by atoms with van der Waals surface area (Å²) in [7, 11) is 1.68. The first-order valence-corrected chi connectivity index (χ1v) is 11.0. The molecule has 0 aromatic heterocycles. The summed E-state index contributed by atoms with van der Waals surface area (Å²) in [5, 5.41) is 0. The van der Waals surface area contributed by atoms with Gasteiger partial charge in [0.1, 0.15) is 11.8 Å². The van der Waals surface area contributed by atoms with Crippen molar-refractivity contribution in [2.24, 2.45) is 0 Å². The number of carbonyl (C=O) groups is 2. The van der Waals surface area contributed by atoms with Crippen LogP contribution in [0.2, 0.25) is 0 Å². The van der Waals surface area contributed by atoms with E-state index in [0.717, 1.165) is 56.9 Å². The Morgan fingerprint density at radius 3 is 1.84 bits per heavy atom. The lowest BCUT2D eigenvalue weighted by molar-refractivity contribution is -0.120. The zero-order valence-electron chi connectivity index (χ0n) is 17.9. The normalized spacial score (nSPS) is 21.5. The van der Waals surface area contributed by atoms with Gasteiger partial charge in [-0.05, 0) is 67.8 Å². The molecule has 0 radical (unpaired) electrons. The second kappa shape index (κ2) is 8.13. The maximum absolute atomic E-state index is 12.8. The number of nitrogens with zero attached hydrogens (tertiary/aromatic N) is 4. The first-order valence-electron chi connectivity index (χ1n) is 11.0. The second-order valence-electron chi connectivity index (χ2n) is 8.35. The molecule has 7 nitrogen and oxygen atoms in total. The third kappa shape index (κ3) is 3.58. The number of amides is 3. The number of benzene rings is 2. The van der Waals surface area contributed by atoms with Gasteiger partial charge >= 0.3 is 6.03 Å². The molecule has 0 bridgehead atoms. The summed E-state index contributed by atoms with van der Waals surface area (Å²) < 4.78 is 5.24. The molecular weight excluding hydrogens is 392 g/mol. The monoisotopic (exact) mass is 420 g/mol. The van der Waals surface area contributed by atoms with Gasteiger partial charge in [-0.1, -0.05) is 0 Å². The first-order chi connectivity index (χ1) is 15.2. The van der Waals surface area contributed by atoms with Crippen LogP contribution in [-0.4, -0.2) is 62.7 Å². The van der Waals surface area contributed by atoms with E-state index < -0.39 is 0 Å². The molecule has 5 rings (SSSR count). The summed E-state index contributed by atoms with van der Waals surface area (Å²) in [4.78, 5) is 33.4. The van der Waals surface area contributed by atoms with E-state index >= 15 is 0 Å². The summed E-state index contributed by atoms with van der Waals surface area (Å²) in [5.74, 6) is 0.791. The van der Waals surface area contributed by atoms with Crippen molar-refractivity contribution < 1.29 is 14.3 Å². The van der Waals surface area contributed by atoms with Crippen LogP contribution in [0.25, 0.3) is 0 Å². The molecule has 0 aliphatic carbocycles. The highest BCUT2D eigenvalue weighted by molar-refractivity contribution is 6.21. The zero-order chi connectivity index (χ0) is 21.4. The Kier molecular flexibility index (Phi) is 5.18. The van der Waals surface area contributed by atoms with Gasteiger partial charge in [-0.2, -0.15) is 0 Å². The fraction of sp³-hybridized carbons (Fsp3) is 0.417. The number of rotatable bonds is 4. The molecule has 31 heavy (non-hydrogen) atoms. The highest BCUT2D eigenvalue weighted by Gasteiger charge is 2.46. The number of carbonyl (C=O) groups excluding carboxylic acids is 2. The van der Waals surface area contributed by atoms with Gasteiger partial charge in [0.25, 0.3) is 5.91 Å². The predicted octanol–water partition coefficient (Wildman–Crippen LogP) is 3.34. The van der Waals surface area contributed by atoms with Crippen LogP contribution in [0.15, 0.2) is 48.5 Å². The number of urea groups is 1. The molecule has 3 aliphatic heterocycles. The van der Waals surface area contributed by atoms with Gasteiger partial charge in [0, 0.05) is 44.1 Å². The first kappa shape index (κ1) is 19.7. The lowest BCUT2D eigenvalue weighted by atomic mass is 10.0. The molecule has 0 saturated carbocycles. The Hall–Kier alpha value is -3.22. The molecule has 3 fully saturated rings. The standard InChI is InChI=1S/C24H28N4O3/c1-31-21-11-9-19(10-12-21)26-16-14-25(15-17-26)18-5-7-20(8-6-18)28-23(29)22-4-2-3-13-27(22)24(28)30/h5-12,22H,2-4,13-17H2,1H3. The van der Waals surface area contributed by atoms with Crippen molar-refractivity contribution in [3.8, 4) is 5.75 Å². The van der Waals surface area contributed by atoms with Crippen LogP contribution >= 0.6 is 0 Å². The molecule has 7 heteroatoms. The van der Waals surface area contributed by atoms with Crippen LogP contribution in [-0.2, 0) is 4.79 Å². The molecule has 2 aromatic rings. The Morgan fingerprint density at radius 1 is 0.742 bits per heavy atom. The van der Waals surface area contributed by atoms with E-state index in [1.807, 2.05) is 36.4 Å².